The van der Waals surface area contributed by atoms with Crippen molar-refractivity contribution in [2.24, 2.45) is 5.92 Å². The number of hydrogen-bond acceptors (Lipinski definition) is 7. The van der Waals surface area contributed by atoms with Gasteiger partial charge in [0.25, 0.3) is 0 Å². The Morgan fingerprint density at radius 3 is 2.23 bits per heavy atom. The first-order valence-electron chi connectivity index (χ1n) is 10.4. The summed E-state index contributed by atoms with van der Waals surface area (Å²) in [6, 6.07) is 10.4. The van der Waals surface area contributed by atoms with E-state index in [9.17, 15) is 14.7 Å². The van der Waals surface area contributed by atoms with E-state index in [2.05, 4.69) is 18.8 Å². The van der Waals surface area contributed by atoms with Gasteiger partial charge in [-0.3, -0.25) is 4.79 Å². The zero-order valence-corrected chi connectivity index (χ0v) is 18.3. The van der Waals surface area contributed by atoms with Crippen LogP contribution < -0.4 is 0 Å². The number of hydrogen-bond donors (Lipinski definition) is 1. The lowest BCUT2D eigenvalue weighted by molar-refractivity contribution is -0.145. The molecule has 0 saturated heterocycles. The van der Waals surface area contributed by atoms with Crippen LogP contribution in [0.4, 0.5) is 0 Å². The topological polar surface area (TPSA) is 98.6 Å². The monoisotopic (exact) mass is 424 g/mol. The molecule has 0 radical (unpaired) electrons. The second-order valence-corrected chi connectivity index (χ2v) is 8.00. The van der Waals surface area contributed by atoms with Crippen LogP contribution in [0.15, 0.2) is 36.4 Å². The number of rotatable bonds is 8. The third kappa shape index (κ3) is 4.82. The Bertz CT molecular complexity index is 1100. The number of carbonyl (C=O) groups excluding carboxylic acids is 2. The minimum absolute atomic E-state index is 0.318. The third-order valence-corrected chi connectivity index (χ3v) is 5.39. The van der Waals surface area contributed by atoms with Gasteiger partial charge in [0.1, 0.15) is 11.4 Å². The van der Waals surface area contributed by atoms with Crippen LogP contribution in [0.25, 0.3) is 22.1 Å². The van der Waals surface area contributed by atoms with Crippen molar-refractivity contribution in [3.05, 3.63) is 47.5 Å². The molecule has 164 valence electrons. The van der Waals surface area contributed by atoms with E-state index in [1.165, 1.54) is 14.2 Å². The first-order valence-corrected chi connectivity index (χ1v) is 10.4. The molecule has 0 spiro atoms. The van der Waals surface area contributed by atoms with Crippen LogP contribution >= 0.6 is 0 Å². The van der Waals surface area contributed by atoms with Gasteiger partial charge < -0.3 is 14.6 Å². The number of carbonyl (C=O) groups is 2. The van der Waals surface area contributed by atoms with Crippen LogP contribution in [0, 0.1) is 5.92 Å². The first-order chi connectivity index (χ1) is 14.9. The van der Waals surface area contributed by atoms with Crippen molar-refractivity contribution in [3.63, 3.8) is 0 Å². The molecule has 2 unspecified atom stereocenters. The zero-order valence-electron chi connectivity index (χ0n) is 18.3. The molecule has 1 aromatic heterocycles. The number of nitrogens with zero attached hydrogens (tertiary/aromatic N) is 2. The van der Waals surface area contributed by atoms with Crippen LogP contribution in [-0.2, 0) is 14.3 Å². The van der Waals surface area contributed by atoms with Gasteiger partial charge in [-0.1, -0.05) is 44.9 Å². The molecule has 2 atom stereocenters. The van der Waals surface area contributed by atoms with E-state index >= 15 is 0 Å². The van der Waals surface area contributed by atoms with E-state index in [4.69, 9.17) is 14.5 Å². The van der Waals surface area contributed by atoms with E-state index in [0.717, 1.165) is 12.8 Å². The maximum absolute atomic E-state index is 12.6. The highest BCUT2D eigenvalue weighted by Crippen LogP contribution is 2.31. The summed E-state index contributed by atoms with van der Waals surface area (Å²) in [5.41, 5.74) is 2.81. The number of fused-ring (bicyclic) bond motifs is 2. The molecule has 7 nitrogen and oxygen atoms in total. The zero-order chi connectivity index (χ0) is 22.5. The predicted octanol–water partition coefficient (Wildman–Crippen LogP) is 4.01. The molecule has 1 heterocycles. The van der Waals surface area contributed by atoms with E-state index in [1.54, 1.807) is 36.4 Å². The fraction of sp³-hybridized carbons (Fsp3) is 0.417. The SMILES string of the molecule is COC(=O)c1cccc2nc3c(C(C(=O)OC)C(O)CCCC(C)C)cccc3nc12. The van der Waals surface area contributed by atoms with Crippen molar-refractivity contribution in [2.45, 2.75) is 45.1 Å². The molecular formula is C24H28N2O5. The quantitative estimate of drug-likeness (QED) is 0.431. The first kappa shape index (κ1) is 22.6. The molecule has 0 aliphatic rings. The lowest BCUT2D eigenvalue weighted by Crippen LogP contribution is -2.28. The Kier molecular flexibility index (Phi) is 7.17. The fourth-order valence-corrected chi connectivity index (χ4v) is 3.79. The van der Waals surface area contributed by atoms with Gasteiger partial charge in [-0.25, -0.2) is 14.8 Å². The summed E-state index contributed by atoms with van der Waals surface area (Å²) >= 11 is 0. The molecule has 2 aromatic carbocycles. The number of aliphatic hydroxyl groups excluding tert-OH is 1. The van der Waals surface area contributed by atoms with Gasteiger partial charge in [0.15, 0.2) is 0 Å². The lowest BCUT2D eigenvalue weighted by atomic mass is 9.88. The Hall–Kier alpha value is -3.06. The van der Waals surface area contributed by atoms with Crippen molar-refractivity contribution in [3.8, 4) is 0 Å². The minimum Gasteiger partial charge on any atom is -0.468 e. The van der Waals surface area contributed by atoms with Gasteiger partial charge in [-0.05, 0) is 36.1 Å². The maximum atomic E-state index is 12.6. The normalized spacial score (nSPS) is 13.4. The lowest BCUT2D eigenvalue weighted by Gasteiger charge is -2.22. The van der Waals surface area contributed by atoms with Crippen LogP contribution in [0.2, 0.25) is 0 Å². The average molecular weight is 424 g/mol. The van der Waals surface area contributed by atoms with Gasteiger partial charge in [-0.2, -0.15) is 0 Å². The second kappa shape index (κ2) is 9.83. The summed E-state index contributed by atoms with van der Waals surface area (Å²) in [5, 5.41) is 10.9. The van der Waals surface area contributed by atoms with Gasteiger partial charge in [0, 0.05) is 0 Å². The number of esters is 2. The number of benzene rings is 2. The number of para-hydroxylation sites is 2. The molecule has 0 fully saturated rings. The summed E-state index contributed by atoms with van der Waals surface area (Å²) in [6.45, 7) is 4.25. The third-order valence-electron chi connectivity index (χ3n) is 5.39. The van der Waals surface area contributed by atoms with Crippen LogP contribution in [0.5, 0.6) is 0 Å². The molecule has 0 saturated carbocycles. The Labute approximate surface area is 181 Å². The minimum atomic E-state index is -0.907. The maximum Gasteiger partial charge on any atom is 0.340 e. The second-order valence-electron chi connectivity index (χ2n) is 8.00. The summed E-state index contributed by atoms with van der Waals surface area (Å²) in [4.78, 5) is 34.1. The van der Waals surface area contributed by atoms with E-state index in [0.29, 0.717) is 45.5 Å². The molecule has 0 aliphatic heterocycles. The van der Waals surface area contributed by atoms with Gasteiger partial charge in [0.2, 0.25) is 0 Å². The molecule has 0 aliphatic carbocycles. The summed E-state index contributed by atoms with van der Waals surface area (Å²) < 4.78 is 9.86. The number of ether oxygens (including phenoxy) is 2. The Morgan fingerprint density at radius 2 is 1.58 bits per heavy atom. The summed E-state index contributed by atoms with van der Waals surface area (Å²) in [6.07, 6.45) is 1.33. The van der Waals surface area contributed by atoms with E-state index < -0.39 is 24.0 Å². The largest absolute Gasteiger partial charge is 0.468 e. The standard InChI is InChI=1S/C24H28N2O5/c1-14(2)8-5-13-19(27)20(24(29)31-4)15-9-6-11-17-21(15)25-18-12-7-10-16(22(18)26-17)23(28)30-3/h6-7,9-12,14,19-20,27H,5,8,13H2,1-4H3. The number of aliphatic hydroxyl groups is 1. The molecule has 1 N–H and O–H groups in total. The molecule has 31 heavy (non-hydrogen) atoms. The van der Waals surface area contributed by atoms with Crippen LogP contribution in [-0.4, -0.2) is 47.3 Å². The van der Waals surface area contributed by atoms with Crippen molar-refractivity contribution < 1.29 is 24.2 Å². The smallest absolute Gasteiger partial charge is 0.340 e. The predicted molar refractivity (Wildman–Crippen MR) is 118 cm³/mol. The van der Waals surface area contributed by atoms with Crippen molar-refractivity contribution in [1.29, 1.82) is 0 Å². The molecule has 7 heteroatoms. The van der Waals surface area contributed by atoms with Gasteiger partial charge >= 0.3 is 11.9 Å². The summed E-state index contributed by atoms with van der Waals surface area (Å²) in [7, 11) is 2.63. The molecule has 3 rings (SSSR count). The van der Waals surface area contributed by atoms with Gasteiger partial charge in [-0.15, -0.1) is 0 Å². The average Bonchev–Trinajstić information content (AvgIpc) is 2.76. The molecular weight excluding hydrogens is 396 g/mol. The number of aromatic nitrogens is 2. The van der Waals surface area contributed by atoms with E-state index in [-0.39, 0.29) is 0 Å². The molecule has 3 aromatic rings. The molecule has 0 bridgehead atoms. The highest BCUT2D eigenvalue weighted by atomic mass is 16.5. The number of methoxy groups -OCH3 is 2. The Morgan fingerprint density at radius 1 is 0.935 bits per heavy atom. The highest BCUT2D eigenvalue weighted by molar-refractivity contribution is 6.03. The van der Waals surface area contributed by atoms with E-state index in [1.807, 2.05) is 0 Å². The van der Waals surface area contributed by atoms with Crippen molar-refractivity contribution in [1.82, 2.24) is 9.97 Å². The molecule has 0 amide bonds. The van der Waals surface area contributed by atoms with Crippen molar-refractivity contribution in [2.75, 3.05) is 14.2 Å². The highest BCUT2D eigenvalue weighted by Gasteiger charge is 2.31. The summed E-state index contributed by atoms with van der Waals surface area (Å²) in [5.74, 6) is -1.38. The van der Waals surface area contributed by atoms with Crippen LogP contribution in [0.3, 0.4) is 0 Å². The van der Waals surface area contributed by atoms with Crippen LogP contribution in [0.1, 0.15) is 54.9 Å². The fourth-order valence-electron chi connectivity index (χ4n) is 3.79. The van der Waals surface area contributed by atoms with Crippen molar-refractivity contribution >= 4 is 34.0 Å². The van der Waals surface area contributed by atoms with Gasteiger partial charge in [0.05, 0.1) is 42.4 Å². The Balaban J connectivity index is 2.11.